The van der Waals surface area contributed by atoms with Crippen molar-refractivity contribution in [3.63, 3.8) is 0 Å². The van der Waals surface area contributed by atoms with Crippen LogP contribution in [0.1, 0.15) is 24.8 Å². The van der Waals surface area contributed by atoms with Crippen LogP contribution in [0.2, 0.25) is 5.02 Å². The Balaban J connectivity index is 1.59. The van der Waals surface area contributed by atoms with E-state index in [0.717, 1.165) is 11.1 Å². The Bertz CT molecular complexity index is 922. The van der Waals surface area contributed by atoms with E-state index in [2.05, 4.69) is 15.5 Å². The summed E-state index contributed by atoms with van der Waals surface area (Å²) < 4.78 is 10.8. The van der Waals surface area contributed by atoms with Crippen molar-refractivity contribution < 1.29 is 14.1 Å². The van der Waals surface area contributed by atoms with Crippen LogP contribution in [0.25, 0.3) is 11.4 Å². The van der Waals surface area contributed by atoms with Gasteiger partial charge in [-0.2, -0.15) is 4.98 Å². The molecule has 0 aliphatic rings. The summed E-state index contributed by atoms with van der Waals surface area (Å²) in [5, 5.41) is 7.45. The Labute approximate surface area is 162 Å². The van der Waals surface area contributed by atoms with Crippen LogP contribution in [0.4, 0.5) is 5.69 Å². The maximum Gasteiger partial charge on any atom is 0.227 e. The fraction of sp³-hybridized carbons (Fsp3) is 0.250. The molecule has 0 atom stereocenters. The molecule has 0 aliphatic carbocycles. The van der Waals surface area contributed by atoms with Crippen LogP contribution in [0, 0.1) is 6.92 Å². The van der Waals surface area contributed by atoms with Gasteiger partial charge in [-0.1, -0.05) is 22.8 Å². The molecule has 0 fully saturated rings. The quantitative estimate of drug-likeness (QED) is 0.639. The maximum absolute atomic E-state index is 12.3. The maximum atomic E-state index is 12.3. The number of carbonyl (C=O) groups is 1. The number of ether oxygens (including phenoxy) is 1. The molecular formula is C20H20ClN3O3. The van der Waals surface area contributed by atoms with Gasteiger partial charge in [0, 0.05) is 23.4 Å². The number of rotatable bonds is 7. The number of halogens is 1. The van der Waals surface area contributed by atoms with E-state index in [1.165, 1.54) is 0 Å². The summed E-state index contributed by atoms with van der Waals surface area (Å²) in [5.74, 6) is 1.39. The average Bonchev–Trinajstić information content (AvgIpc) is 3.12. The minimum atomic E-state index is -0.147. The van der Waals surface area contributed by atoms with Gasteiger partial charge < -0.3 is 14.6 Å². The number of amides is 1. The number of benzene rings is 2. The molecule has 1 N–H and O–H groups in total. The first-order valence-corrected chi connectivity index (χ1v) is 9.05. The van der Waals surface area contributed by atoms with E-state index in [-0.39, 0.29) is 12.3 Å². The molecule has 0 aliphatic heterocycles. The lowest BCUT2D eigenvalue weighted by molar-refractivity contribution is -0.116. The molecule has 2 aromatic carbocycles. The molecule has 1 aromatic heterocycles. The Morgan fingerprint density at radius 2 is 2.00 bits per heavy atom. The predicted octanol–water partition coefficient (Wildman–Crippen LogP) is 4.67. The van der Waals surface area contributed by atoms with Gasteiger partial charge in [0.15, 0.2) is 0 Å². The number of nitrogens with one attached hydrogen (secondary N) is 1. The first-order chi connectivity index (χ1) is 13.0. The highest BCUT2D eigenvalue weighted by Crippen LogP contribution is 2.26. The highest BCUT2D eigenvalue weighted by molar-refractivity contribution is 6.30. The SMILES string of the molecule is CCOc1cc(C)ccc1NC(=O)CCc1nc(-c2ccc(Cl)cc2)no1. The van der Waals surface area contributed by atoms with E-state index >= 15 is 0 Å². The first-order valence-electron chi connectivity index (χ1n) is 8.67. The van der Waals surface area contributed by atoms with Gasteiger partial charge in [-0.3, -0.25) is 4.79 Å². The van der Waals surface area contributed by atoms with Gasteiger partial charge in [0.2, 0.25) is 17.6 Å². The smallest absolute Gasteiger partial charge is 0.227 e. The third-order valence-corrected chi connectivity index (χ3v) is 4.10. The minimum Gasteiger partial charge on any atom is -0.492 e. The molecule has 140 valence electrons. The van der Waals surface area contributed by atoms with E-state index < -0.39 is 0 Å². The van der Waals surface area contributed by atoms with Crippen LogP contribution in [0.5, 0.6) is 5.75 Å². The highest BCUT2D eigenvalue weighted by Gasteiger charge is 2.12. The molecule has 1 heterocycles. The second kappa shape index (κ2) is 8.68. The minimum absolute atomic E-state index is 0.147. The molecule has 1 amide bonds. The zero-order valence-corrected chi connectivity index (χ0v) is 15.9. The molecular weight excluding hydrogens is 366 g/mol. The zero-order valence-electron chi connectivity index (χ0n) is 15.2. The van der Waals surface area contributed by atoms with Crippen molar-refractivity contribution in [3.05, 3.63) is 58.9 Å². The van der Waals surface area contributed by atoms with Crippen molar-refractivity contribution in [2.45, 2.75) is 26.7 Å². The average molecular weight is 386 g/mol. The van der Waals surface area contributed by atoms with E-state index in [1.807, 2.05) is 44.2 Å². The van der Waals surface area contributed by atoms with Crippen LogP contribution in [-0.4, -0.2) is 22.7 Å². The summed E-state index contributed by atoms with van der Waals surface area (Å²) in [7, 11) is 0. The summed E-state index contributed by atoms with van der Waals surface area (Å²) in [4.78, 5) is 16.6. The summed E-state index contributed by atoms with van der Waals surface area (Å²) in [6.07, 6.45) is 0.573. The van der Waals surface area contributed by atoms with Crippen LogP contribution in [0.3, 0.4) is 0 Å². The van der Waals surface area contributed by atoms with Gasteiger partial charge >= 0.3 is 0 Å². The lowest BCUT2D eigenvalue weighted by Crippen LogP contribution is -2.13. The van der Waals surface area contributed by atoms with Crippen molar-refractivity contribution in [1.29, 1.82) is 0 Å². The number of aromatic nitrogens is 2. The molecule has 0 saturated carbocycles. The van der Waals surface area contributed by atoms with Crippen LogP contribution < -0.4 is 10.1 Å². The Morgan fingerprint density at radius 1 is 1.22 bits per heavy atom. The van der Waals surface area contributed by atoms with Crippen molar-refractivity contribution in [3.8, 4) is 17.1 Å². The third-order valence-electron chi connectivity index (χ3n) is 3.85. The molecule has 0 bridgehead atoms. The van der Waals surface area contributed by atoms with Crippen molar-refractivity contribution in [2.75, 3.05) is 11.9 Å². The van der Waals surface area contributed by atoms with Crippen LogP contribution in [0.15, 0.2) is 47.0 Å². The van der Waals surface area contributed by atoms with Crippen LogP contribution >= 0.6 is 11.6 Å². The molecule has 27 heavy (non-hydrogen) atoms. The number of hydrogen-bond acceptors (Lipinski definition) is 5. The van der Waals surface area contributed by atoms with E-state index in [4.69, 9.17) is 20.9 Å². The zero-order chi connectivity index (χ0) is 19.2. The fourth-order valence-corrected chi connectivity index (χ4v) is 2.64. The van der Waals surface area contributed by atoms with E-state index in [0.29, 0.717) is 41.2 Å². The Morgan fingerprint density at radius 3 is 2.74 bits per heavy atom. The molecule has 6 nitrogen and oxygen atoms in total. The second-order valence-corrected chi connectivity index (χ2v) is 6.44. The van der Waals surface area contributed by atoms with Gasteiger partial charge in [-0.15, -0.1) is 0 Å². The lowest BCUT2D eigenvalue weighted by Gasteiger charge is -2.12. The first kappa shape index (κ1) is 18.9. The predicted molar refractivity (Wildman–Crippen MR) is 104 cm³/mol. The van der Waals surface area contributed by atoms with Crippen LogP contribution in [-0.2, 0) is 11.2 Å². The van der Waals surface area contributed by atoms with Crippen molar-refractivity contribution >= 4 is 23.2 Å². The van der Waals surface area contributed by atoms with E-state index in [1.54, 1.807) is 12.1 Å². The second-order valence-electron chi connectivity index (χ2n) is 6.00. The molecule has 0 radical (unpaired) electrons. The summed E-state index contributed by atoms with van der Waals surface area (Å²) >= 11 is 5.88. The number of hydrogen-bond donors (Lipinski definition) is 1. The Hall–Kier alpha value is -2.86. The van der Waals surface area contributed by atoms with Gasteiger partial charge in [0.25, 0.3) is 0 Å². The topological polar surface area (TPSA) is 77.2 Å². The molecule has 3 rings (SSSR count). The molecule has 0 spiro atoms. The van der Waals surface area contributed by atoms with Crippen molar-refractivity contribution in [2.24, 2.45) is 0 Å². The lowest BCUT2D eigenvalue weighted by atomic mass is 10.2. The largest absolute Gasteiger partial charge is 0.492 e. The number of aryl methyl sites for hydroxylation is 2. The molecule has 0 saturated heterocycles. The third kappa shape index (κ3) is 5.08. The number of nitrogens with zero attached hydrogens (tertiary/aromatic N) is 2. The van der Waals surface area contributed by atoms with Gasteiger partial charge in [0.05, 0.1) is 12.3 Å². The van der Waals surface area contributed by atoms with E-state index in [9.17, 15) is 4.79 Å². The fourth-order valence-electron chi connectivity index (χ4n) is 2.51. The normalized spacial score (nSPS) is 10.6. The monoisotopic (exact) mass is 385 g/mol. The molecule has 3 aromatic rings. The van der Waals surface area contributed by atoms with Gasteiger partial charge in [0.1, 0.15) is 5.75 Å². The highest BCUT2D eigenvalue weighted by atomic mass is 35.5. The van der Waals surface area contributed by atoms with Gasteiger partial charge in [-0.25, -0.2) is 0 Å². The van der Waals surface area contributed by atoms with Gasteiger partial charge in [-0.05, 0) is 55.8 Å². The Kier molecular flexibility index (Phi) is 6.08. The molecule has 0 unspecified atom stereocenters. The summed E-state index contributed by atoms with van der Waals surface area (Å²) in [5.41, 5.74) is 2.52. The molecule has 7 heteroatoms. The number of anilines is 1. The number of carbonyl (C=O) groups excluding carboxylic acids is 1. The standard InChI is InChI=1S/C20H20ClN3O3/c1-3-26-17-12-13(2)4-9-16(17)22-18(25)10-11-19-23-20(24-27-19)14-5-7-15(21)8-6-14/h4-9,12H,3,10-11H2,1-2H3,(H,22,25). The summed E-state index contributed by atoms with van der Waals surface area (Å²) in [6, 6.07) is 12.8. The summed E-state index contributed by atoms with van der Waals surface area (Å²) in [6.45, 7) is 4.41. The van der Waals surface area contributed by atoms with Crippen molar-refractivity contribution in [1.82, 2.24) is 10.1 Å².